The van der Waals surface area contributed by atoms with Crippen molar-refractivity contribution in [3.8, 4) is 0 Å². The molecule has 0 saturated heterocycles. The van der Waals surface area contributed by atoms with Crippen LogP contribution in [0.4, 0.5) is 0 Å². The molecule has 4 nitrogen and oxygen atoms in total. The van der Waals surface area contributed by atoms with E-state index < -0.39 is 11.5 Å². The first-order valence-electron chi connectivity index (χ1n) is 6.39. The van der Waals surface area contributed by atoms with Crippen LogP contribution in [-0.4, -0.2) is 15.6 Å². The lowest BCUT2D eigenvalue weighted by Crippen LogP contribution is -2.49. The summed E-state index contributed by atoms with van der Waals surface area (Å²) in [5.74, 6) is -0.348. The Balaban J connectivity index is 2.48. The standard InChI is InChI=1S/C14H19NO3/c1-10-3-6-14(7-4-10,13(17)18)15-8-5-11(2)9-12(15)16/h5,8-10H,3-4,6-7H2,1-2H3,(H,17,18). The third-order valence-electron chi connectivity index (χ3n) is 4.04. The Morgan fingerprint density at radius 2 is 2.06 bits per heavy atom. The second-order valence-corrected chi connectivity index (χ2v) is 5.43. The van der Waals surface area contributed by atoms with Gasteiger partial charge in [-0.25, -0.2) is 4.79 Å². The van der Waals surface area contributed by atoms with Gasteiger partial charge in [-0.2, -0.15) is 0 Å². The van der Waals surface area contributed by atoms with Crippen LogP contribution in [0.1, 0.15) is 38.2 Å². The smallest absolute Gasteiger partial charge is 0.329 e. The molecule has 0 bridgehead atoms. The summed E-state index contributed by atoms with van der Waals surface area (Å²) in [7, 11) is 0. The van der Waals surface area contributed by atoms with Gasteiger partial charge >= 0.3 is 5.97 Å². The van der Waals surface area contributed by atoms with E-state index in [9.17, 15) is 14.7 Å². The summed E-state index contributed by atoms with van der Waals surface area (Å²) in [6, 6.07) is 3.30. The molecule has 0 aliphatic heterocycles. The number of nitrogens with zero attached hydrogens (tertiary/aromatic N) is 1. The van der Waals surface area contributed by atoms with Gasteiger partial charge in [-0.05, 0) is 50.2 Å². The van der Waals surface area contributed by atoms with Crippen LogP contribution >= 0.6 is 0 Å². The van der Waals surface area contributed by atoms with Gasteiger partial charge in [0, 0.05) is 12.3 Å². The van der Waals surface area contributed by atoms with Gasteiger partial charge in [0.2, 0.25) is 0 Å². The molecule has 0 spiro atoms. The lowest BCUT2D eigenvalue weighted by atomic mass is 9.77. The fourth-order valence-electron chi connectivity index (χ4n) is 2.73. The number of aryl methyl sites for hydroxylation is 1. The molecule has 0 radical (unpaired) electrons. The van der Waals surface area contributed by atoms with Gasteiger partial charge in [0.1, 0.15) is 5.54 Å². The highest BCUT2D eigenvalue weighted by Gasteiger charge is 2.43. The minimum absolute atomic E-state index is 0.216. The summed E-state index contributed by atoms with van der Waals surface area (Å²) in [6.07, 6.45) is 4.40. The van der Waals surface area contributed by atoms with Crippen LogP contribution in [0.5, 0.6) is 0 Å². The predicted molar refractivity (Wildman–Crippen MR) is 68.7 cm³/mol. The molecular formula is C14H19NO3. The Morgan fingerprint density at radius 1 is 1.44 bits per heavy atom. The molecule has 98 valence electrons. The molecule has 0 aromatic carbocycles. The highest BCUT2D eigenvalue weighted by molar-refractivity contribution is 5.76. The van der Waals surface area contributed by atoms with E-state index in [0.717, 1.165) is 18.4 Å². The number of aliphatic carboxylic acids is 1. The third kappa shape index (κ3) is 2.07. The highest BCUT2D eigenvalue weighted by Crippen LogP contribution is 2.37. The van der Waals surface area contributed by atoms with Crippen molar-refractivity contribution in [2.24, 2.45) is 5.92 Å². The van der Waals surface area contributed by atoms with E-state index in [4.69, 9.17) is 0 Å². The van der Waals surface area contributed by atoms with E-state index in [-0.39, 0.29) is 5.56 Å². The SMILES string of the molecule is Cc1ccn(C2(C(=O)O)CCC(C)CC2)c(=O)c1. The number of carboxylic acid groups (broad SMARTS) is 1. The minimum atomic E-state index is -1.04. The number of pyridine rings is 1. The van der Waals surface area contributed by atoms with E-state index in [0.29, 0.717) is 18.8 Å². The molecule has 1 N–H and O–H groups in total. The predicted octanol–water partition coefficient (Wildman–Crippen LogP) is 2.15. The Bertz CT molecular complexity index is 510. The van der Waals surface area contributed by atoms with Crippen LogP contribution in [0.25, 0.3) is 0 Å². The molecule has 1 saturated carbocycles. The topological polar surface area (TPSA) is 59.3 Å². The average Bonchev–Trinajstić information content (AvgIpc) is 2.30. The van der Waals surface area contributed by atoms with Crippen molar-refractivity contribution in [1.29, 1.82) is 0 Å². The summed E-state index contributed by atoms with van der Waals surface area (Å²) in [6.45, 7) is 3.96. The Morgan fingerprint density at radius 3 is 2.56 bits per heavy atom. The van der Waals surface area contributed by atoms with Crippen molar-refractivity contribution in [2.75, 3.05) is 0 Å². The van der Waals surface area contributed by atoms with Gasteiger partial charge in [-0.15, -0.1) is 0 Å². The zero-order chi connectivity index (χ0) is 13.3. The van der Waals surface area contributed by atoms with E-state index in [1.165, 1.54) is 10.6 Å². The Hall–Kier alpha value is -1.58. The molecule has 0 unspecified atom stereocenters. The number of hydrogen-bond acceptors (Lipinski definition) is 2. The molecule has 1 aliphatic rings. The van der Waals surface area contributed by atoms with Crippen LogP contribution < -0.4 is 5.56 Å². The molecule has 18 heavy (non-hydrogen) atoms. The van der Waals surface area contributed by atoms with Crippen LogP contribution in [-0.2, 0) is 10.3 Å². The molecule has 0 atom stereocenters. The number of carbonyl (C=O) groups is 1. The van der Waals surface area contributed by atoms with Crippen molar-refractivity contribution in [1.82, 2.24) is 4.57 Å². The number of aromatic nitrogens is 1. The zero-order valence-electron chi connectivity index (χ0n) is 10.8. The summed E-state index contributed by atoms with van der Waals surface area (Å²) in [5.41, 5.74) is -0.398. The first kappa shape index (κ1) is 12.9. The summed E-state index contributed by atoms with van der Waals surface area (Å²) in [4.78, 5) is 23.7. The largest absolute Gasteiger partial charge is 0.479 e. The fourth-order valence-corrected chi connectivity index (χ4v) is 2.73. The monoisotopic (exact) mass is 249 g/mol. The molecule has 1 heterocycles. The normalized spacial score (nSPS) is 28.0. The van der Waals surface area contributed by atoms with Crippen LogP contribution in [0.15, 0.2) is 23.1 Å². The Labute approximate surface area is 106 Å². The summed E-state index contributed by atoms with van der Waals surface area (Å²) >= 11 is 0. The Kier molecular flexibility index (Phi) is 3.28. The van der Waals surface area contributed by atoms with Gasteiger partial charge in [0.15, 0.2) is 0 Å². The van der Waals surface area contributed by atoms with Crippen LogP contribution in [0, 0.1) is 12.8 Å². The maximum absolute atomic E-state index is 12.0. The van der Waals surface area contributed by atoms with E-state index in [2.05, 4.69) is 6.92 Å². The molecule has 1 aliphatic carbocycles. The van der Waals surface area contributed by atoms with Crippen molar-refractivity contribution in [3.05, 3.63) is 34.2 Å². The maximum Gasteiger partial charge on any atom is 0.329 e. The summed E-state index contributed by atoms with van der Waals surface area (Å²) in [5, 5.41) is 9.56. The molecule has 2 rings (SSSR count). The molecular weight excluding hydrogens is 230 g/mol. The van der Waals surface area contributed by atoms with Crippen molar-refractivity contribution < 1.29 is 9.90 Å². The average molecular weight is 249 g/mol. The molecule has 1 aromatic rings. The first-order valence-corrected chi connectivity index (χ1v) is 6.39. The number of rotatable bonds is 2. The van der Waals surface area contributed by atoms with Crippen LogP contribution in [0.2, 0.25) is 0 Å². The number of carboxylic acids is 1. The van der Waals surface area contributed by atoms with Crippen molar-refractivity contribution in [3.63, 3.8) is 0 Å². The lowest BCUT2D eigenvalue weighted by molar-refractivity contribution is -0.150. The van der Waals surface area contributed by atoms with E-state index in [1.807, 2.05) is 6.92 Å². The van der Waals surface area contributed by atoms with Crippen molar-refractivity contribution in [2.45, 2.75) is 45.1 Å². The van der Waals surface area contributed by atoms with Gasteiger partial charge < -0.3 is 5.11 Å². The first-order chi connectivity index (χ1) is 8.45. The molecule has 1 aromatic heterocycles. The maximum atomic E-state index is 12.0. The van der Waals surface area contributed by atoms with Crippen molar-refractivity contribution >= 4 is 5.97 Å². The van der Waals surface area contributed by atoms with Gasteiger partial charge in [0.25, 0.3) is 5.56 Å². The molecule has 4 heteroatoms. The molecule has 0 amide bonds. The molecule has 1 fully saturated rings. The van der Waals surface area contributed by atoms with Gasteiger partial charge in [-0.1, -0.05) is 6.92 Å². The van der Waals surface area contributed by atoms with Crippen LogP contribution in [0.3, 0.4) is 0 Å². The van der Waals surface area contributed by atoms with Gasteiger partial charge in [-0.3, -0.25) is 9.36 Å². The van der Waals surface area contributed by atoms with E-state index >= 15 is 0 Å². The minimum Gasteiger partial charge on any atom is -0.479 e. The third-order valence-corrected chi connectivity index (χ3v) is 4.04. The van der Waals surface area contributed by atoms with Gasteiger partial charge in [0.05, 0.1) is 0 Å². The summed E-state index contributed by atoms with van der Waals surface area (Å²) < 4.78 is 1.41. The fraction of sp³-hybridized carbons (Fsp3) is 0.571. The second kappa shape index (κ2) is 4.59. The highest BCUT2D eigenvalue weighted by atomic mass is 16.4. The number of hydrogen-bond donors (Lipinski definition) is 1. The lowest BCUT2D eigenvalue weighted by Gasteiger charge is -2.37. The quantitative estimate of drug-likeness (QED) is 0.873. The van der Waals surface area contributed by atoms with E-state index in [1.54, 1.807) is 12.3 Å². The zero-order valence-corrected chi connectivity index (χ0v) is 10.8. The second-order valence-electron chi connectivity index (χ2n) is 5.43.